The third-order valence-corrected chi connectivity index (χ3v) is 10.9. The Morgan fingerprint density at radius 1 is 0.676 bits per heavy atom. The van der Waals surface area contributed by atoms with Gasteiger partial charge in [0.15, 0.2) is 5.69 Å². The van der Waals surface area contributed by atoms with E-state index < -0.39 is 69.3 Å². The molecule has 3 heterocycles. The molecular weight excluding hydrogens is 1020 g/mol. The Bertz CT molecular complexity index is 3120. The maximum absolute atomic E-state index is 14.3. The molecule has 0 aliphatic carbocycles. The van der Waals surface area contributed by atoms with Crippen molar-refractivity contribution >= 4 is 26.2 Å². The predicted octanol–water partition coefficient (Wildman–Crippen LogP) is 10.6. The van der Waals surface area contributed by atoms with Crippen LogP contribution >= 0.6 is 10.7 Å². The number of nitrogens with zero attached hydrogens (tertiary/aromatic N) is 7. The van der Waals surface area contributed by atoms with E-state index in [2.05, 4.69) is 26.0 Å². The molecule has 0 amide bonds. The molecule has 4 aromatic carbocycles. The molecule has 0 saturated heterocycles. The molecule has 1 N–H and O–H groups in total. The van der Waals surface area contributed by atoms with Crippen LogP contribution in [0.3, 0.4) is 0 Å². The first-order valence-corrected chi connectivity index (χ1v) is 24.7. The van der Waals surface area contributed by atoms with Crippen molar-refractivity contribution < 1.29 is 68.3 Å². The zero-order chi connectivity index (χ0) is 54.4. The molecule has 16 nitrogen and oxygen atoms in total. The summed E-state index contributed by atoms with van der Waals surface area (Å²) in [4.78, 5) is 10.8. The molecule has 2 unspecified atom stereocenters. The first kappa shape index (κ1) is 57.7. The molecule has 0 radical (unpaired) electrons. The van der Waals surface area contributed by atoms with Gasteiger partial charge in [-0.05, 0) is 105 Å². The number of nitriles is 1. The topological polar surface area (TPSA) is 195 Å². The summed E-state index contributed by atoms with van der Waals surface area (Å²) in [6.45, 7) is 5.63. The van der Waals surface area contributed by atoms with Gasteiger partial charge in [0.05, 0.1) is 74.4 Å². The summed E-state index contributed by atoms with van der Waals surface area (Å²) < 4.78 is 132. The third-order valence-electron chi connectivity index (χ3n) is 10.9. The van der Waals surface area contributed by atoms with Crippen LogP contribution in [0.5, 0.6) is 11.5 Å². The van der Waals surface area contributed by atoms with Crippen LogP contribution in [0.4, 0.5) is 26.3 Å². The summed E-state index contributed by atoms with van der Waals surface area (Å²) in [5, 5.41) is 32.2. The fraction of sp³-hybridized carbons (Fsp3) is 0.300. The van der Waals surface area contributed by atoms with Gasteiger partial charge in [0.25, 0.3) is 19.3 Å². The SMILES string of the molecule is COc1ccc(CO[C@H](C)c2cc(F)ccc2-n2nc(C(F)F)cc2C(C)OC=O)cc1.COc1ccc(CO[C@H](C)c2cc(F)ccc2-n2nc(C(F)F)cc2C(O)c2cc(C#N)nn2C)cc1.CS(=O)(=O)Cl. The van der Waals surface area contributed by atoms with Gasteiger partial charge in [0.2, 0.25) is 9.05 Å². The van der Waals surface area contributed by atoms with Crippen LogP contribution in [0.25, 0.3) is 11.4 Å². The van der Waals surface area contributed by atoms with Gasteiger partial charge >= 0.3 is 0 Å². The summed E-state index contributed by atoms with van der Waals surface area (Å²) >= 11 is 0. The summed E-state index contributed by atoms with van der Waals surface area (Å²) in [7, 11) is 5.97. The van der Waals surface area contributed by atoms with Crippen LogP contribution in [0.2, 0.25) is 0 Å². The highest BCUT2D eigenvalue weighted by Crippen LogP contribution is 2.35. The van der Waals surface area contributed by atoms with Crippen molar-refractivity contribution in [2.24, 2.45) is 7.05 Å². The van der Waals surface area contributed by atoms with Crippen LogP contribution in [0.1, 0.15) is 114 Å². The molecule has 0 saturated carbocycles. The highest BCUT2D eigenvalue weighted by Gasteiger charge is 2.28. The molecular formula is C50H50ClF6N7O9S. The number of ether oxygens (including phenoxy) is 5. The highest BCUT2D eigenvalue weighted by atomic mass is 35.7. The van der Waals surface area contributed by atoms with E-state index in [1.54, 1.807) is 52.3 Å². The first-order chi connectivity index (χ1) is 35.0. The van der Waals surface area contributed by atoms with Gasteiger partial charge in [-0.15, -0.1) is 0 Å². The Morgan fingerprint density at radius 2 is 1.09 bits per heavy atom. The average molecular weight is 1070 g/mol. The summed E-state index contributed by atoms with van der Waals surface area (Å²) in [5.41, 5.74) is 2.50. The minimum absolute atomic E-state index is 0.00185. The van der Waals surface area contributed by atoms with E-state index in [1.807, 2.05) is 30.3 Å². The number of carbonyl (C=O) groups is 1. The number of aliphatic hydroxyl groups excluding tert-OH is 1. The summed E-state index contributed by atoms with van der Waals surface area (Å²) in [5.74, 6) is 0.344. The molecule has 0 aliphatic heterocycles. The number of halogens is 7. The van der Waals surface area contributed by atoms with E-state index in [0.717, 1.165) is 34.2 Å². The van der Waals surface area contributed by atoms with Gasteiger partial charge in [0, 0.05) is 34.9 Å². The number of aliphatic hydroxyl groups is 1. The number of alkyl halides is 4. The van der Waals surface area contributed by atoms with Crippen molar-refractivity contribution in [2.75, 3.05) is 20.5 Å². The quantitative estimate of drug-likeness (QED) is 0.0457. The van der Waals surface area contributed by atoms with Crippen LogP contribution in [0.15, 0.2) is 103 Å². The predicted molar refractivity (Wildman–Crippen MR) is 258 cm³/mol. The second-order valence-electron chi connectivity index (χ2n) is 16.1. The Balaban J connectivity index is 0.000000253. The molecule has 0 fully saturated rings. The molecule has 24 heteroatoms. The zero-order valence-electron chi connectivity index (χ0n) is 40.7. The maximum Gasteiger partial charge on any atom is 0.293 e. The molecule has 7 rings (SSSR count). The van der Waals surface area contributed by atoms with E-state index in [0.29, 0.717) is 28.3 Å². The Labute approximate surface area is 426 Å². The number of benzene rings is 4. The molecule has 3 aromatic heterocycles. The maximum atomic E-state index is 14.3. The van der Waals surface area contributed by atoms with Crippen molar-refractivity contribution in [3.8, 4) is 28.9 Å². The van der Waals surface area contributed by atoms with Gasteiger partial charge < -0.3 is 28.8 Å². The van der Waals surface area contributed by atoms with E-state index in [9.17, 15) is 44.7 Å². The molecule has 7 aromatic rings. The lowest BCUT2D eigenvalue weighted by atomic mass is 10.1. The van der Waals surface area contributed by atoms with Gasteiger partial charge in [-0.2, -0.15) is 20.6 Å². The monoisotopic (exact) mass is 1070 g/mol. The fourth-order valence-corrected chi connectivity index (χ4v) is 7.16. The number of aryl methyl sites for hydroxylation is 1. The number of carbonyl (C=O) groups excluding carboxylic acids is 1. The number of hydrogen-bond acceptors (Lipinski definition) is 13. The Morgan fingerprint density at radius 3 is 1.47 bits per heavy atom. The van der Waals surface area contributed by atoms with E-state index >= 15 is 0 Å². The molecule has 394 valence electrons. The minimum Gasteiger partial charge on any atom is -0.497 e. The Kier molecular flexibility index (Phi) is 20.4. The second-order valence-corrected chi connectivity index (χ2v) is 19.1. The second kappa shape index (κ2) is 26.1. The summed E-state index contributed by atoms with van der Waals surface area (Å²) in [6.07, 6.45) is -8.38. The first-order valence-electron chi connectivity index (χ1n) is 22.0. The van der Waals surface area contributed by atoms with E-state index in [1.165, 1.54) is 65.8 Å². The van der Waals surface area contributed by atoms with E-state index in [4.69, 9.17) is 28.9 Å². The van der Waals surface area contributed by atoms with Gasteiger partial charge in [-0.1, -0.05) is 24.3 Å². The van der Waals surface area contributed by atoms with Crippen LogP contribution < -0.4 is 9.47 Å². The Hall–Kier alpha value is -7.23. The van der Waals surface area contributed by atoms with Crippen molar-refractivity contribution in [2.45, 2.75) is 71.3 Å². The van der Waals surface area contributed by atoms with Crippen LogP contribution in [0, 0.1) is 23.0 Å². The molecule has 0 spiro atoms. The third kappa shape index (κ3) is 15.6. The van der Waals surface area contributed by atoms with Crippen molar-refractivity contribution in [3.05, 3.63) is 171 Å². The normalized spacial score (nSPS) is 12.9. The van der Waals surface area contributed by atoms with Crippen LogP contribution in [-0.2, 0) is 48.3 Å². The minimum atomic E-state index is -3.19. The van der Waals surface area contributed by atoms with Gasteiger partial charge in [-0.25, -0.2) is 44.1 Å². The zero-order valence-corrected chi connectivity index (χ0v) is 42.2. The average Bonchev–Trinajstić information content (AvgIpc) is 4.12. The highest BCUT2D eigenvalue weighted by molar-refractivity contribution is 8.13. The number of methoxy groups -OCH3 is 2. The lowest BCUT2D eigenvalue weighted by Crippen LogP contribution is -2.14. The fourth-order valence-electron chi connectivity index (χ4n) is 7.16. The number of rotatable bonds is 19. The van der Waals surface area contributed by atoms with Crippen molar-refractivity contribution in [1.29, 1.82) is 5.26 Å². The lowest BCUT2D eigenvalue weighted by molar-refractivity contribution is -0.133. The van der Waals surface area contributed by atoms with Gasteiger partial charge in [0.1, 0.15) is 52.8 Å². The van der Waals surface area contributed by atoms with Crippen molar-refractivity contribution in [3.63, 3.8) is 0 Å². The van der Waals surface area contributed by atoms with Crippen molar-refractivity contribution in [1.82, 2.24) is 29.3 Å². The molecule has 4 atom stereocenters. The standard InChI is InChI=1S/C26H24F3N5O3.C23H23F3N2O4.CH3ClO2S/c1-15(37-14-16-4-7-19(36-3)8-5-16)20-10-17(27)6-9-22(20)34-24(12-21(32-34)26(28)29)25(35)23-11-18(13-30)31-33(23)2;1-14(31-12-16-4-7-18(30-3)8-5-16)19-10-17(24)6-9-21(19)28-22(15(2)32-13-29)11-20(27-28)23(25)26;1-5(2,3)4/h4-12,15,25-26,35H,14H2,1-3H3;4-11,13-15,23H,12H2,1-3H3;1H3/t15-,25?;14-,15?;/m11./s1. The van der Waals surface area contributed by atoms with Crippen LogP contribution in [-0.4, -0.2) is 69.8 Å². The largest absolute Gasteiger partial charge is 0.497 e. The smallest absolute Gasteiger partial charge is 0.293 e. The lowest BCUT2D eigenvalue weighted by Gasteiger charge is -2.20. The number of aromatic nitrogens is 6. The van der Waals surface area contributed by atoms with Gasteiger partial charge in [-0.3, -0.25) is 9.48 Å². The molecule has 74 heavy (non-hydrogen) atoms. The van der Waals surface area contributed by atoms with E-state index in [-0.39, 0.29) is 48.1 Å². The number of hydrogen-bond donors (Lipinski definition) is 1. The molecule has 0 aliphatic rings. The molecule has 0 bridgehead atoms. The summed E-state index contributed by atoms with van der Waals surface area (Å²) in [6, 6.07) is 27.7.